The molecule has 34 heavy (non-hydrogen) atoms. The quantitative estimate of drug-likeness (QED) is 0.243. The van der Waals surface area contributed by atoms with Crippen LogP contribution in [0.15, 0.2) is 65.4 Å². The van der Waals surface area contributed by atoms with E-state index in [-0.39, 0.29) is 10.8 Å². The third kappa shape index (κ3) is 9.07. The number of hydrogen-bond donors (Lipinski definition) is 3. The van der Waals surface area contributed by atoms with Gasteiger partial charge in [-0.25, -0.2) is 19.6 Å². The summed E-state index contributed by atoms with van der Waals surface area (Å²) < 4.78 is 5.45. The third-order valence-electron chi connectivity index (χ3n) is 3.60. The van der Waals surface area contributed by atoms with Crippen molar-refractivity contribution in [2.24, 2.45) is 0 Å². The highest BCUT2D eigenvalue weighted by Crippen LogP contribution is 2.24. The van der Waals surface area contributed by atoms with Gasteiger partial charge in [-0.15, -0.1) is 22.7 Å². The minimum Gasteiger partial charge on any atom is -0.477 e. The minimum atomic E-state index is -1.38. The summed E-state index contributed by atoms with van der Waals surface area (Å²) in [6, 6.07) is 6.68. The van der Waals surface area contributed by atoms with Crippen molar-refractivity contribution in [3.63, 3.8) is 0 Å². The first-order valence-corrected chi connectivity index (χ1v) is 11.9. The second kappa shape index (κ2) is 14.3. The van der Waals surface area contributed by atoms with Gasteiger partial charge in [0.05, 0.1) is 19.0 Å². The summed E-state index contributed by atoms with van der Waals surface area (Å²) in [6.07, 6.45) is 9.17. The van der Waals surface area contributed by atoms with E-state index in [1.807, 2.05) is 0 Å². The number of pyridine rings is 2. The summed E-state index contributed by atoms with van der Waals surface area (Å²) in [7, 11) is -1.38. The smallest absolute Gasteiger partial charge is 0.477 e. The number of ether oxygens (including phenoxy) is 1. The molecule has 0 aromatic carbocycles. The number of aromatic nitrogens is 4. The van der Waals surface area contributed by atoms with Gasteiger partial charge >= 0.3 is 19.1 Å². The summed E-state index contributed by atoms with van der Waals surface area (Å²) in [5.74, 6) is -1.25. The Morgan fingerprint density at radius 2 is 1.56 bits per heavy atom. The van der Waals surface area contributed by atoms with Crippen LogP contribution in [0.2, 0.25) is 0 Å². The Morgan fingerprint density at radius 1 is 0.971 bits per heavy atom. The molecule has 0 bridgehead atoms. The number of carboxylic acids is 1. The monoisotopic (exact) mass is 564 g/mol. The molecule has 0 aliphatic carbocycles. The molecule has 0 amide bonds. The van der Waals surface area contributed by atoms with E-state index >= 15 is 0 Å². The zero-order chi connectivity index (χ0) is 24.9. The zero-order valence-corrected chi connectivity index (χ0v) is 20.8. The first-order valence-electron chi connectivity index (χ1n) is 9.45. The Labute approximate surface area is 211 Å². The van der Waals surface area contributed by atoms with Crippen LogP contribution in [0.3, 0.4) is 0 Å². The number of carboxylic acid groups (broad SMARTS) is 1. The van der Waals surface area contributed by atoms with Gasteiger partial charge in [0, 0.05) is 30.4 Å². The molecule has 0 unspecified atom stereocenters. The molecule has 0 saturated carbocycles. The fourth-order valence-corrected chi connectivity index (χ4v) is 4.01. The second-order valence-corrected chi connectivity index (χ2v) is 9.26. The molecule has 0 spiro atoms. The fraction of sp³-hybridized carbons (Fsp3) is 0.100. The molecule has 0 aliphatic heterocycles. The average molecular weight is 565 g/mol. The van der Waals surface area contributed by atoms with Gasteiger partial charge in [0.2, 0.25) is 0 Å². The van der Waals surface area contributed by atoms with Crippen LogP contribution in [-0.4, -0.2) is 60.8 Å². The van der Waals surface area contributed by atoms with E-state index in [2.05, 4.69) is 35.9 Å². The maximum atomic E-state index is 11.0. The predicted molar refractivity (Wildman–Crippen MR) is 132 cm³/mol. The van der Waals surface area contributed by atoms with Crippen molar-refractivity contribution in [3.8, 4) is 10.6 Å². The lowest BCUT2D eigenvalue weighted by Gasteiger charge is -1.95. The molecule has 4 heterocycles. The van der Waals surface area contributed by atoms with Gasteiger partial charge in [-0.1, -0.05) is 0 Å². The van der Waals surface area contributed by atoms with Crippen LogP contribution in [0.25, 0.3) is 10.6 Å². The van der Waals surface area contributed by atoms with Crippen LogP contribution in [0.5, 0.6) is 0 Å². The second-order valence-electron chi connectivity index (χ2n) is 5.92. The number of esters is 1. The highest BCUT2D eigenvalue weighted by atomic mass is 79.9. The fourth-order valence-electron chi connectivity index (χ4n) is 2.09. The van der Waals surface area contributed by atoms with E-state index in [1.54, 1.807) is 43.6 Å². The Hall–Kier alpha value is -3.04. The molecule has 0 radical (unpaired) electrons. The summed E-state index contributed by atoms with van der Waals surface area (Å²) in [5.41, 5.74) is 1.35. The van der Waals surface area contributed by atoms with Crippen LogP contribution >= 0.6 is 38.6 Å². The molecule has 0 atom stereocenters. The summed E-state index contributed by atoms with van der Waals surface area (Å²) >= 11 is 5.57. The third-order valence-corrected chi connectivity index (χ3v) is 6.09. The summed E-state index contributed by atoms with van der Waals surface area (Å²) in [4.78, 5) is 37.8. The number of carbonyl (C=O) groups is 2. The summed E-state index contributed by atoms with van der Waals surface area (Å²) in [5, 5.41) is 26.5. The lowest BCUT2D eigenvalue weighted by atomic mass is 9.81. The van der Waals surface area contributed by atoms with Crippen molar-refractivity contribution in [1.82, 2.24) is 19.9 Å². The SMILES string of the molecule is CCOC(=O)c1cnc(Br)s1.O=C(O)c1cnc(-c2ccncc2)s1.OB(O)c1ccncc1. The maximum absolute atomic E-state index is 11.0. The lowest BCUT2D eigenvalue weighted by molar-refractivity contribution is 0.0531. The van der Waals surface area contributed by atoms with Gasteiger partial charge in [-0.2, -0.15) is 0 Å². The molecular weight excluding hydrogens is 547 g/mol. The summed E-state index contributed by atoms with van der Waals surface area (Å²) in [6.45, 7) is 2.17. The van der Waals surface area contributed by atoms with Crippen LogP contribution in [-0.2, 0) is 4.74 Å². The van der Waals surface area contributed by atoms with Crippen molar-refractivity contribution >= 4 is 63.1 Å². The Bertz CT molecular complexity index is 1180. The maximum Gasteiger partial charge on any atom is 0.488 e. The normalized spacial score (nSPS) is 9.65. The Balaban J connectivity index is 0.000000185. The van der Waals surface area contributed by atoms with Gasteiger partial charge < -0.3 is 19.9 Å². The Morgan fingerprint density at radius 3 is 2.00 bits per heavy atom. The molecule has 10 nitrogen and oxygen atoms in total. The molecule has 0 fully saturated rings. The molecule has 4 rings (SSSR count). The van der Waals surface area contributed by atoms with E-state index < -0.39 is 13.1 Å². The number of halogens is 1. The highest BCUT2D eigenvalue weighted by molar-refractivity contribution is 9.11. The minimum absolute atomic E-state index is 0.247. The van der Waals surface area contributed by atoms with Crippen LogP contribution in [0.4, 0.5) is 0 Å². The van der Waals surface area contributed by atoms with Gasteiger partial charge in [0.1, 0.15) is 14.8 Å². The van der Waals surface area contributed by atoms with Gasteiger partial charge in [-0.05, 0) is 52.6 Å². The van der Waals surface area contributed by atoms with Crippen molar-refractivity contribution in [1.29, 1.82) is 0 Å². The van der Waals surface area contributed by atoms with Crippen molar-refractivity contribution in [2.75, 3.05) is 6.61 Å². The molecular formula is C20H18BBrN4O6S2. The number of rotatable bonds is 5. The largest absolute Gasteiger partial charge is 0.488 e. The average Bonchev–Trinajstić information content (AvgIpc) is 3.51. The number of aromatic carboxylic acids is 1. The van der Waals surface area contributed by atoms with Crippen molar-refractivity contribution < 1.29 is 29.5 Å². The first kappa shape index (κ1) is 27.2. The van der Waals surface area contributed by atoms with Crippen molar-refractivity contribution in [2.45, 2.75) is 6.92 Å². The van der Waals surface area contributed by atoms with Crippen molar-refractivity contribution in [3.05, 3.63) is 75.1 Å². The molecule has 0 aliphatic rings. The van der Waals surface area contributed by atoms with Crippen LogP contribution in [0, 0.1) is 0 Å². The molecule has 0 saturated heterocycles. The van der Waals surface area contributed by atoms with E-state index in [4.69, 9.17) is 19.9 Å². The molecule has 176 valence electrons. The molecule has 4 aromatic heterocycles. The molecule has 4 aromatic rings. The highest BCUT2D eigenvalue weighted by Gasteiger charge is 2.10. The molecule has 14 heteroatoms. The lowest BCUT2D eigenvalue weighted by Crippen LogP contribution is -2.29. The zero-order valence-electron chi connectivity index (χ0n) is 17.6. The van der Waals surface area contributed by atoms with E-state index in [0.717, 1.165) is 16.9 Å². The van der Waals surface area contributed by atoms with E-state index in [0.29, 0.717) is 25.9 Å². The van der Waals surface area contributed by atoms with Gasteiger partial charge in [0.25, 0.3) is 0 Å². The first-order chi connectivity index (χ1) is 16.3. The van der Waals surface area contributed by atoms with E-state index in [1.165, 1.54) is 36.1 Å². The standard InChI is InChI=1S/C9H6N2O2S.C6H6BrNO2S.C5H6BNO2/c12-9(13)7-5-11-8(14-7)6-1-3-10-4-2-6;1-2-10-5(9)4-3-8-6(7)11-4;8-6(9)5-1-3-7-4-2-5/h1-5H,(H,12,13);3H,2H2,1H3;1-4,8-9H. The number of thiazole rings is 2. The topological polar surface area (TPSA) is 156 Å². The Kier molecular flexibility index (Phi) is 11.4. The predicted octanol–water partition coefficient (Wildman–Crippen LogP) is 2.75. The number of nitrogens with zero attached hydrogens (tertiary/aromatic N) is 4. The van der Waals surface area contributed by atoms with E-state index in [9.17, 15) is 9.59 Å². The van der Waals surface area contributed by atoms with Crippen LogP contribution in [0.1, 0.15) is 26.3 Å². The number of carbonyl (C=O) groups excluding carboxylic acids is 1. The number of hydrogen-bond acceptors (Lipinski definition) is 11. The molecule has 3 N–H and O–H groups in total. The van der Waals surface area contributed by atoms with Gasteiger partial charge in [0.15, 0.2) is 3.92 Å². The van der Waals surface area contributed by atoms with Gasteiger partial charge in [-0.3, -0.25) is 9.97 Å². The van der Waals surface area contributed by atoms with Crippen LogP contribution < -0.4 is 5.46 Å².